The van der Waals surface area contributed by atoms with Crippen LogP contribution in [0.15, 0.2) is 57.9 Å². The number of carbonyl (C=O) groups excluding carboxylic acids is 2. The molecule has 4 nitrogen and oxygen atoms in total. The summed E-state index contributed by atoms with van der Waals surface area (Å²) < 4.78 is 18.8. The van der Waals surface area contributed by atoms with Gasteiger partial charge in [0.2, 0.25) is 0 Å². The maximum atomic E-state index is 13.0. The average molecular weight is 398 g/mol. The third kappa shape index (κ3) is 6.42. The molecule has 2 aromatic carbocycles. The molecule has 0 saturated heterocycles. The highest BCUT2D eigenvalue weighted by Gasteiger charge is 2.09. The van der Waals surface area contributed by atoms with Crippen LogP contribution in [0.3, 0.4) is 0 Å². The van der Waals surface area contributed by atoms with Crippen LogP contribution in [0.1, 0.15) is 0 Å². The summed E-state index contributed by atoms with van der Waals surface area (Å²) in [5.41, 5.74) is 0.315. The highest BCUT2D eigenvalue weighted by Crippen LogP contribution is 2.20. The van der Waals surface area contributed by atoms with Crippen molar-refractivity contribution in [2.45, 2.75) is 4.90 Å². The smallest absolute Gasteiger partial charge is 0.316 e. The summed E-state index contributed by atoms with van der Waals surface area (Å²) in [6.07, 6.45) is 0. The Kier molecular flexibility index (Phi) is 6.61. The van der Waals surface area contributed by atoms with Crippen LogP contribution in [-0.2, 0) is 14.3 Å². The topological polar surface area (TPSA) is 55.4 Å². The summed E-state index contributed by atoms with van der Waals surface area (Å²) in [4.78, 5) is 24.1. The van der Waals surface area contributed by atoms with Gasteiger partial charge in [0.25, 0.3) is 5.91 Å². The van der Waals surface area contributed by atoms with E-state index in [2.05, 4.69) is 21.2 Å². The summed E-state index contributed by atoms with van der Waals surface area (Å²) in [6, 6.07) is 13.0. The van der Waals surface area contributed by atoms with E-state index in [1.54, 1.807) is 6.07 Å². The Morgan fingerprint density at radius 2 is 1.91 bits per heavy atom. The van der Waals surface area contributed by atoms with Gasteiger partial charge in [0, 0.05) is 15.1 Å². The molecule has 1 amide bonds. The van der Waals surface area contributed by atoms with Gasteiger partial charge in [0.1, 0.15) is 5.82 Å². The van der Waals surface area contributed by atoms with Crippen LogP contribution in [0.2, 0.25) is 0 Å². The van der Waals surface area contributed by atoms with Gasteiger partial charge >= 0.3 is 5.97 Å². The molecular formula is C16H13BrFNO3S. The molecule has 0 aromatic heterocycles. The predicted octanol–water partition coefficient (Wildman–Crippen LogP) is 3.86. The first-order valence-electron chi connectivity index (χ1n) is 6.62. The molecule has 1 N–H and O–H groups in total. The number of nitrogens with one attached hydrogen (secondary N) is 1. The molecule has 0 bridgehead atoms. The molecule has 0 aliphatic heterocycles. The number of halogens is 2. The Hall–Kier alpha value is -1.86. The molecule has 0 saturated carbocycles. The van der Waals surface area contributed by atoms with E-state index in [1.165, 1.54) is 30.0 Å². The molecule has 0 radical (unpaired) electrons. The molecule has 23 heavy (non-hydrogen) atoms. The maximum absolute atomic E-state index is 13.0. The van der Waals surface area contributed by atoms with Crippen molar-refractivity contribution in [1.82, 2.24) is 0 Å². The van der Waals surface area contributed by atoms with E-state index < -0.39 is 24.3 Å². The lowest BCUT2D eigenvalue weighted by molar-refractivity contribution is -0.144. The summed E-state index contributed by atoms with van der Waals surface area (Å²) >= 11 is 4.65. The van der Waals surface area contributed by atoms with Gasteiger partial charge in [-0.05, 0) is 42.5 Å². The van der Waals surface area contributed by atoms with Crippen molar-refractivity contribution in [3.8, 4) is 0 Å². The van der Waals surface area contributed by atoms with Gasteiger partial charge in [0.05, 0.1) is 5.75 Å². The normalized spacial score (nSPS) is 10.2. The average Bonchev–Trinajstić information content (AvgIpc) is 2.52. The summed E-state index contributed by atoms with van der Waals surface area (Å²) in [5.74, 6) is -1.36. The minimum absolute atomic E-state index is 0.106. The Balaban J connectivity index is 1.71. The fraction of sp³-hybridized carbons (Fsp3) is 0.125. The van der Waals surface area contributed by atoms with Crippen molar-refractivity contribution in [2.24, 2.45) is 0 Å². The Morgan fingerprint density at radius 3 is 2.61 bits per heavy atom. The molecule has 0 unspecified atom stereocenters. The third-order valence-corrected chi connectivity index (χ3v) is 4.16. The fourth-order valence-corrected chi connectivity index (χ4v) is 2.58. The predicted molar refractivity (Wildman–Crippen MR) is 90.9 cm³/mol. The molecule has 0 spiro atoms. The number of ether oxygens (including phenoxy) is 1. The van der Waals surface area contributed by atoms with Gasteiger partial charge in [-0.25, -0.2) is 4.39 Å². The van der Waals surface area contributed by atoms with E-state index in [4.69, 9.17) is 4.74 Å². The lowest BCUT2D eigenvalue weighted by Gasteiger charge is -2.06. The number of carbonyl (C=O) groups is 2. The Labute approximate surface area is 145 Å². The second-order valence-corrected chi connectivity index (χ2v) is 6.43. The van der Waals surface area contributed by atoms with E-state index >= 15 is 0 Å². The SMILES string of the molecule is O=C(COC(=O)CSc1ccc(Br)cc1)Nc1cccc(F)c1. The summed E-state index contributed by atoms with van der Waals surface area (Å²) in [6.45, 7) is -0.407. The molecule has 7 heteroatoms. The van der Waals surface area contributed by atoms with Crippen molar-refractivity contribution < 1.29 is 18.7 Å². The van der Waals surface area contributed by atoms with Crippen LogP contribution in [0, 0.1) is 5.82 Å². The van der Waals surface area contributed by atoms with E-state index in [0.29, 0.717) is 5.69 Å². The summed E-state index contributed by atoms with van der Waals surface area (Å²) in [5, 5.41) is 2.45. The van der Waals surface area contributed by atoms with E-state index in [-0.39, 0.29) is 5.75 Å². The molecule has 120 valence electrons. The number of thioether (sulfide) groups is 1. The Morgan fingerprint density at radius 1 is 1.17 bits per heavy atom. The highest BCUT2D eigenvalue weighted by molar-refractivity contribution is 9.10. The van der Waals surface area contributed by atoms with Gasteiger partial charge in [0.15, 0.2) is 6.61 Å². The van der Waals surface area contributed by atoms with Crippen molar-refractivity contribution >= 4 is 45.3 Å². The number of anilines is 1. The van der Waals surface area contributed by atoms with Gasteiger partial charge in [-0.3, -0.25) is 9.59 Å². The molecule has 2 aromatic rings. The Bertz CT molecular complexity index is 694. The zero-order chi connectivity index (χ0) is 16.7. The highest BCUT2D eigenvalue weighted by atomic mass is 79.9. The lowest BCUT2D eigenvalue weighted by Crippen LogP contribution is -2.21. The molecule has 0 aliphatic rings. The van der Waals surface area contributed by atoms with Gasteiger partial charge in [-0.15, -0.1) is 11.8 Å². The van der Waals surface area contributed by atoms with Crippen LogP contribution in [0.4, 0.5) is 10.1 Å². The number of benzene rings is 2. The number of amides is 1. The van der Waals surface area contributed by atoms with Crippen molar-refractivity contribution in [1.29, 1.82) is 0 Å². The largest absolute Gasteiger partial charge is 0.455 e. The first-order valence-corrected chi connectivity index (χ1v) is 8.40. The van der Waals surface area contributed by atoms with Gasteiger partial charge < -0.3 is 10.1 Å². The number of rotatable bonds is 6. The van der Waals surface area contributed by atoms with E-state index in [0.717, 1.165) is 9.37 Å². The zero-order valence-corrected chi connectivity index (χ0v) is 14.3. The van der Waals surface area contributed by atoms with Crippen LogP contribution in [-0.4, -0.2) is 24.2 Å². The number of hydrogen-bond acceptors (Lipinski definition) is 4. The minimum Gasteiger partial charge on any atom is -0.455 e. The monoisotopic (exact) mass is 397 g/mol. The standard InChI is InChI=1S/C16H13BrFNO3S/c17-11-4-6-14(7-5-11)23-10-16(21)22-9-15(20)19-13-3-1-2-12(18)8-13/h1-8H,9-10H2,(H,19,20). The number of hydrogen-bond donors (Lipinski definition) is 1. The lowest BCUT2D eigenvalue weighted by atomic mass is 10.3. The molecular weight excluding hydrogens is 385 g/mol. The van der Waals surface area contributed by atoms with Crippen molar-refractivity contribution in [3.05, 3.63) is 58.8 Å². The van der Waals surface area contributed by atoms with Crippen LogP contribution < -0.4 is 5.32 Å². The van der Waals surface area contributed by atoms with E-state index in [1.807, 2.05) is 24.3 Å². The van der Waals surface area contributed by atoms with Crippen molar-refractivity contribution in [2.75, 3.05) is 17.7 Å². The minimum atomic E-state index is -0.516. The molecule has 0 fully saturated rings. The molecule has 0 aliphatic carbocycles. The first kappa shape index (κ1) is 17.5. The van der Waals surface area contributed by atoms with Crippen LogP contribution >= 0.6 is 27.7 Å². The number of esters is 1. The van der Waals surface area contributed by atoms with Crippen molar-refractivity contribution in [3.63, 3.8) is 0 Å². The molecule has 0 atom stereocenters. The second kappa shape index (κ2) is 8.69. The van der Waals surface area contributed by atoms with Crippen LogP contribution in [0.5, 0.6) is 0 Å². The quantitative estimate of drug-likeness (QED) is 0.593. The van der Waals surface area contributed by atoms with E-state index in [9.17, 15) is 14.0 Å². The van der Waals surface area contributed by atoms with Gasteiger partial charge in [-0.1, -0.05) is 22.0 Å². The second-order valence-electron chi connectivity index (χ2n) is 4.46. The van der Waals surface area contributed by atoms with Crippen LogP contribution in [0.25, 0.3) is 0 Å². The molecule has 0 heterocycles. The first-order chi connectivity index (χ1) is 11.0. The maximum Gasteiger partial charge on any atom is 0.316 e. The fourth-order valence-electron chi connectivity index (χ4n) is 1.62. The molecule has 2 rings (SSSR count). The van der Waals surface area contributed by atoms with Gasteiger partial charge in [-0.2, -0.15) is 0 Å². The third-order valence-electron chi connectivity index (χ3n) is 2.64. The summed E-state index contributed by atoms with van der Waals surface area (Å²) in [7, 11) is 0. The zero-order valence-electron chi connectivity index (χ0n) is 11.9.